The van der Waals surface area contributed by atoms with Gasteiger partial charge >= 0.3 is 0 Å². The molecule has 1 aliphatic heterocycles. The number of carbonyl (C=O) groups excluding carboxylic acids is 1. The Kier molecular flexibility index (Phi) is 3.64. The number of benzene rings is 1. The zero-order valence-electron chi connectivity index (χ0n) is 10.6. The zero-order valence-corrected chi connectivity index (χ0v) is 12.8. The molecule has 1 aromatic carbocycles. The maximum atomic E-state index is 13.1. The van der Waals surface area contributed by atoms with Crippen molar-refractivity contribution in [3.63, 3.8) is 0 Å². The minimum Gasteiger partial charge on any atom is -0.375 e. The van der Waals surface area contributed by atoms with Gasteiger partial charge in [-0.1, -0.05) is 0 Å². The molecule has 19 heavy (non-hydrogen) atoms. The van der Waals surface area contributed by atoms with Crippen LogP contribution in [0.1, 0.15) is 42.5 Å². The molecule has 1 saturated carbocycles. The molecule has 3 rings (SSSR count). The first kappa shape index (κ1) is 13.5. The van der Waals surface area contributed by atoms with Gasteiger partial charge in [0.1, 0.15) is 5.82 Å². The van der Waals surface area contributed by atoms with E-state index in [0.29, 0.717) is 15.7 Å². The number of ether oxygens (including phenoxy) is 1. The summed E-state index contributed by atoms with van der Waals surface area (Å²) in [4.78, 5) is 12.6. The van der Waals surface area contributed by atoms with Gasteiger partial charge in [0.15, 0.2) is 5.78 Å². The van der Waals surface area contributed by atoms with Gasteiger partial charge in [0, 0.05) is 21.7 Å². The van der Waals surface area contributed by atoms with E-state index in [9.17, 15) is 9.18 Å². The maximum absolute atomic E-state index is 13.1. The first-order chi connectivity index (χ1) is 9.10. The Bertz CT molecular complexity index is 511. The van der Waals surface area contributed by atoms with E-state index >= 15 is 0 Å². The summed E-state index contributed by atoms with van der Waals surface area (Å²) in [5.74, 6) is -0.101. The molecule has 2 nitrogen and oxygen atoms in total. The predicted octanol–water partition coefficient (Wildman–Crippen LogP) is 3.96. The van der Waals surface area contributed by atoms with Crippen molar-refractivity contribution in [3.05, 3.63) is 33.1 Å². The smallest absolute Gasteiger partial charge is 0.167 e. The first-order valence-electron chi connectivity index (χ1n) is 6.73. The van der Waals surface area contributed by atoms with Gasteiger partial charge in [-0.25, -0.2) is 4.39 Å². The van der Waals surface area contributed by atoms with Gasteiger partial charge in [0.2, 0.25) is 0 Å². The normalized spacial score (nSPS) is 25.1. The summed E-state index contributed by atoms with van der Waals surface area (Å²) >= 11 is 2.04. The van der Waals surface area contributed by atoms with Gasteiger partial charge in [0.25, 0.3) is 0 Å². The number of hydrogen-bond acceptors (Lipinski definition) is 2. The fourth-order valence-corrected chi connectivity index (χ4v) is 3.82. The fraction of sp³-hybridized carbons (Fsp3) is 0.533. The van der Waals surface area contributed by atoms with E-state index in [-0.39, 0.29) is 23.1 Å². The molecule has 4 heteroatoms. The number of Topliss-reactive ketones (excluding diaryl/α,β-unsaturated/α-hetero) is 1. The average molecular weight is 374 g/mol. The molecule has 1 unspecified atom stereocenters. The number of rotatable bonds is 2. The number of hydrogen-bond donors (Lipinski definition) is 0. The molecular weight excluding hydrogens is 358 g/mol. The zero-order chi connectivity index (χ0) is 13.5. The molecule has 1 heterocycles. The summed E-state index contributed by atoms with van der Waals surface area (Å²) in [5.41, 5.74) is 0.632. The van der Waals surface area contributed by atoms with E-state index in [2.05, 4.69) is 0 Å². The Labute approximate surface area is 125 Å². The Hall–Kier alpha value is -0.490. The number of ketones is 1. The lowest BCUT2D eigenvalue weighted by molar-refractivity contribution is -0.137. The monoisotopic (exact) mass is 374 g/mol. The fourth-order valence-electron chi connectivity index (χ4n) is 3.08. The molecule has 2 aliphatic rings. The van der Waals surface area contributed by atoms with E-state index < -0.39 is 0 Å². The highest BCUT2D eigenvalue weighted by Gasteiger charge is 2.44. The van der Waals surface area contributed by atoms with Crippen LogP contribution in [0.3, 0.4) is 0 Å². The van der Waals surface area contributed by atoms with Gasteiger partial charge in [-0.05, 0) is 72.9 Å². The van der Waals surface area contributed by atoms with Crippen LogP contribution in [0.25, 0.3) is 0 Å². The predicted molar refractivity (Wildman–Crippen MR) is 78.7 cm³/mol. The van der Waals surface area contributed by atoms with Crippen LogP contribution >= 0.6 is 22.6 Å². The lowest BCUT2D eigenvalue weighted by Gasteiger charge is -2.46. The summed E-state index contributed by atoms with van der Waals surface area (Å²) in [6, 6.07) is 4.41. The lowest BCUT2D eigenvalue weighted by atomic mass is 9.70. The molecule has 1 aliphatic carbocycles. The molecule has 0 N–H and O–H groups in total. The Morgan fingerprint density at radius 1 is 1.42 bits per heavy atom. The number of carbonyl (C=O) groups is 1. The third kappa shape index (κ3) is 2.57. The molecule has 1 saturated heterocycles. The first-order valence-corrected chi connectivity index (χ1v) is 7.81. The second-order valence-electron chi connectivity index (χ2n) is 5.56. The van der Waals surface area contributed by atoms with Gasteiger partial charge in [0.05, 0.1) is 5.60 Å². The molecule has 0 bridgehead atoms. The van der Waals surface area contributed by atoms with Crippen molar-refractivity contribution in [3.8, 4) is 0 Å². The largest absolute Gasteiger partial charge is 0.375 e. The Morgan fingerprint density at radius 3 is 2.84 bits per heavy atom. The summed E-state index contributed by atoms with van der Waals surface area (Å²) in [5, 5.41) is 0. The number of halogens is 2. The third-order valence-electron chi connectivity index (χ3n) is 4.33. The molecule has 0 aromatic heterocycles. The standard InChI is InChI=1S/C15H16FIO2/c16-11-2-3-12(13(17)8-11)14(18)10-4-7-19-15(9-10)5-1-6-15/h2-3,8,10H,1,4-7,9H2. The van der Waals surface area contributed by atoms with E-state index in [1.807, 2.05) is 22.6 Å². The van der Waals surface area contributed by atoms with Crippen molar-refractivity contribution < 1.29 is 13.9 Å². The molecule has 1 aromatic rings. The van der Waals surface area contributed by atoms with Crippen LogP contribution in [-0.2, 0) is 4.74 Å². The van der Waals surface area contributed by atoms with Gasteiger partial charge < -0.3 is 4.74 Å². The van der Waals surface area contributed by atoms with E-state index in [1.165, 1.54) is 18.6 Å². The summed E-state index contributed by atoms with van der Waals surface area (Å²) < 4.78 is 19.7. The second kappa shape index (κ2) is 5.13. The highest BCUT2D eigenvalue weighted by atomic mass is 127. The molecule has 0 amide bonds. The van der Waals surface area contributed by atoms with Gasteiger partial charge in [-0.3, -0.25) is 4.79 Å². The van der Waals surface area contributed by atoms with Crippen LogP contribution in [0, 0.1) is 15.3 Å². The van der Waals surface area contributed by atoms with Crippen molar-refractivity contribution in [1.29, 1.82) is 0 Å². The van der Waals surface area contributed by atoms with Crippen molar-refractivity contribution in [2.45, 2.75) is 37.7 Å². The second-order valence-corrected chi connectivity index (χ2v) is 6.73. The van der Waals surface area contributed by atoms with Gasteiger partial charge in [-0.15, -0.1) is 0 Å². The van der Waals surface area contributed by atoms with E-state index in [0.717, 1.165) is 25.7 Å². The van der Waals surface area contributed by atoms with Crippen molar-refractivity contribution >= 4 is 28.4 Å². The molecule has 0 radical (unpaired) electrons. The van der Waals surface area contributed by atoms with Gasteiger partial charge in [-0.2, -0.15) is 0 Å². The topological polar surface area (TPSA) is 26.3 Å². The molecule has 1 spiro atoms. The van der Waals surface area contributed by atoms with Crippen LogP contribution in [-0.4, -0.2) is 18.0 Å². The summed E-state index contributed by atoms with van der Waals surface area (Å²) in [7, 11) is 0. The molecule has 102 valence electrons. The molecular formula is C15H16FIO2. The Balaban J connectivity index is 1.79. The van der Waals surface area contributed by atoms with Crippen molar-refractivity contribution in [2.75, 3.05) is 6.61 Å². The average Bonchev–Trinajstić information content (AvgIpc) is 2.36. The molecule has 2 fully saturated rings. The van der Waals surface area contributed by atoms with Crippen LogP contribution in [0.2, 0.25) is 0 Å². The summed E-state index contributed by atoms with van der Waals surface area (Å²) in [6.07, 6.45) is 4.98. The highest BCUT2D eigenvalue weighted by molar-refractivity contribution is 14.1. The van der Waals surface area contributed by atoms with Crippen LogP contribution in [0.4, 0.5) is 4.39 Å². The summed E-state index contributed by atoms with van der Waals surface area (Å²) in [6.45, 7) is 0.675. The maximum Gasteiger partial charge on any atom is 0.167 e. The van der Waals surface area contributed by atoms with Crippen LogP contribution < -0.4 is 0 Å². The van der Waals surface area contributed by atoms with Crippen molar-refractivity contribution in [2.24, 2.45) is 5.92 Å². The molecule has 1 atom stereocenters. The minimum absolute atomic E-state index is 0.0238. The van der Waals surface area contributed by atoms with Crippen LogP contribution in [0.15, 0.2) is 18.2 Å². The van der Waals surface area contributed by atoms with E-state index in [1.54, 1.807) is 6.07 Å². The SMILES string of the molecule is O=C(c1ccc(F)cc1I)C1CCOC2(CCC2)C1. The Morgan fingerprint density at radius 2 is 2.21 bits per heavy atom. The quantitative estimate of drug-likeness (QED) is 0.579. The minimum atomic E-state index is -0.289. The third-order valence-corrected chi connectivity index (χ3v) is 5.22. The van der Waals surface area contributed by atoms with Crippen LogP contribution in [0.5, 0.6) is 0 Å². The van der Waals surface area contributed by atoms with E-state index in [4.69, 9.17) is 4.74 Å². The van der Waals surface area contributed by atoms with Crippen molar-refractivity contribution in [1.82, 2.24) is 0 Å². The highest BCUT2D eigenvalue weighted by Crippen LogP contribution is 2.45. The lowest BCUT2D eigenvalue weighted by Crippen LogP contribution is -2.47.